The fourth-order valence-corrected chi connectivity index (χ4v) is 2.61. The summed E-state index contributed by atoms with van der Waals surface area (Å²) in [6, 6.07) is 8.34. The maximum absolute atomic E-state index is 13.9. The molecule has 8 heteroatoms. The van der Waals surface area contributed by atoms with Crippen molar-refractivity contribution in [1.82, 2.24) is 5.32 Å². The van der Waals surface area contributed by atoms with Gasteiger partial charge in [-0.2, -0.15) is 13.2 Å². The van der Waals surface area contributed by atoms with E-state index in [0.29, 0.717) is 0 Å². The van der Waals surface area contributed by atoms with Crippen LogP contribution in [-0.4, -0.2) is 17.9 Å². The third-order valence-electron chi connectivity index (χ3n) is 3.97. The summed E-state index contributed by atoms with van der Waals surface area (Å²) < 4.78 is 53.1. The summed E-state index contributed by atoms with van der Waals surface area (Å²) in [7, 11) is 0. The number of alkyl halides is 3. The van der Waals surface area contributed by atoms with Gasteiger partial charge in [0.25, 0.3) is 5.91 Å². The molecule has 2 aromatic rings. The lowest BCUT2D eigenvalue weighted by molar-refractivity contribution is -0.137. The van der Waals surface area contributed by atoms with E-state index in [-0.39, 0.29) is 5.56 Å². The molecule has 2 rings (SSSR count). The summed E-state index contributed by atoms with van der Waals surface area (Å²) in [5.74, 6) is -3.60. The Morgan fingerprint density at radius 3 is 2.19 bits per heavy atom. The van der Waals surface area contributed by atoms with Crippen molar-refractivity contribution in [3.8, 4) is 0 Å². The number of hydrogen-bond donors (Lipinski definition) is 2. The number of nitrogens with one attached hydrogen (secondary N) is 1. The predicted octanol–water partition coefficient (Wildman–Crippen LogP) is 3.23. The minimum atomic E-state index is -4.74. The van der Waals surface area contributed by atoms with E-state index in [4.69, 9.17) is 5.73 Å². The van der Waals surface area contributed by atoms with Gasteiger partial charge >= 0.3 is 6.18 Å². The maximum Gasteiger partial charge on any atom is 0.417 e. The van der Waals surface area contributed by atoms with Crippen LogP contribution in [0.3, 0.4) is 0 Å². The first-order chi connectivity index (χ1) is 12.1. The maximum atomic E-state index is 13.9. The molecule has 0 saturated heterocycles. The van der Waals surface area contributed by atoms with Crippen molar-refractivity contribution in [2.24, 2.45) is 5.73 Å². The second-order valence-corrected chi connectivity index (χ2v) is 5.71. The summed E-state index contributed by atoms with van der Waals surface area (Å²) >= 11 is 0. The molecule has 0 saturated carbocycles. The van der Waals surface area contributed by atoms with Gasteiger partial charge in [0.15, 0.2) is 0 Å². The third-order valence-corrected chi connectivity index (χ3v) is 3.97. The summed E-state index contributed by atoms with van der Waals surface area (Å²) in [5.41, 5.74) is 3.60. The summed E-state index contributed by atoms with van der Waals surface area (Å²) in [6.07, 6.45) is -4.74. The van der Waals surface area contributed by atoms with Gasteiger partial charge in [0, 0.05) is 5.92 Å². The number of carbonyl (C=O) groups excluding carboxylic acids is 2. The largest absolute Gasteiger partial charge is 0.417 e. The van der Waals surface area contributed by atoms with Gasteiger partial charge < -0.3 is 11.1 Å². The zero-order chi connectivity index (χ0) is 19.5. The molecule has 0 heterocycles. The fraction of sp³-hybridized carbons (Fsp3) is 0.222. The van der Waals surface area contributed by atoms with E-state index in [1.165, 1.54) is 37.3 Å². The van der Waals surface area contributed by atoms with Crippen LogP contribution < -0.4 is 11.1 Å². The molecule has 0 bridgehead atoms. The van der Waals surface area contributed by atoms with Crippen LogP contribution in [0, 0.1) is 5.82 Å². The van der Waals surface area contributed by atoms with Gasteiger partial charge in [-0.05, 0) is 23.8 Å². The monoisotopic (exact) mass is 368 g/mol. The van der Waals surface area contributed by atoms with Gasteiger partial charge in [0.05, 0.1) is 11.1 Å². The zero-order valence-corrected chi connectivity index (χ0v) is 13.7. The molecule has 0 fully saturated rings. The minimum Gasteiger partial charge on any atom is -0.368 e. The number of benzene rings is 2. The highest BCUT2D eigenvalue weighted by atomic mass is 19.4. The van der Waals surface area contributed by atoms with E-state index >= 15 is 0 Å². The third kappa shape index (κ3) is 4.19. The lowest BCUT2D eigenvalue weighted by Gasteiger charge is -2.24. The Kier molecular flexibility index (Phi) is 5.64. The quantitative estimate of drug-likeness (QED) is 0.796. The van der Waals surface area contributed by atoms with Crippen LogP contribution in [-0.2, 0) is 11.0 Å². The van der Waals surface area contributed by atoms with E-state index in [0.717, 1.165) is 18.2 Å². The molecule has 2 atom stereocenters. The van der Waals surface area contributed by atoms with Crippen LogP contribution in [0.5, 0.6) is 0 Å². The molecule has 2 unspecified atom stereocenters. The highest BCUT2D eigenvalue weighted by Crippen LogP contribution is 2.32. The first kappa shape index (κ1) is 19.4. The molecule has 2 amide bonds. The van der Waals surface area contributed by atoms with Crippen molar-refractivity contribution in [3.63, 3.8) is 0 Å². The van der Waals surface area contributed by atoms with E-state index < -0.39 is 46.9 Å². The Morgan fingerprint density at radius 1 is 1.04 bits per heavy atom. The van der Waals surface area contributed by atoms with Crippen molar-refractivity contribution < 1.29 is 27.2 Å². The Balaban J connectivity index is 2.33. The second-order valence-electron chi connectivity index (χ2n) is 5.71. The molecule has 0 aliphatic carbocycles. The van der Waals surface area contributed by atoms with Gasteiger partial charge in [-0.3, -0.25) is 9.59 Å². The first-order valence-electron chi connectivity index (χ1n) is 7.63. The smallest absolute Gasteiger partial charge is 0.368 e. The van der Waals surface area contributed by atoms with Crippen LogP contribution in [0.4, 0.5) is 17.6 Å². The summed E-state index contributed by atoms with van der Waals surface area (Å²) in [6.45, 7) is 1.45. The molecule has 2 aromatic carbocycles. The van der Waals surface area contributed by atoms with Gasteiger partial charge in [-0.15, -0.1) is 0 Å². The van der Waals surface area contributed by atoms with Gasteiger partial charge in [0.2, 0.25) is 5.91 Å². The van der Waals surface area contributed by atoms with Crippen molar-refractivity contribution in [3.05, 3.63) is 71.0 Å². The molecule has 0 aliphatic heterocycles. The minimum absolute atomic E-state index is 0.112. The average Bonchev–Trinajstić information content (AvgIpc) is 2.58. The molecular weight excluding hydrogens is 352 g/mol. The number of rotatable bonds is 5. The van der Waals surface area contributed by atoms with E-state index in [1.807, 2.05) is 0 Å². The van der Waals surface area contributed by atoms with Crippen LogP contribution in [0.25, 0.3) is 0 Å². The van der Waals surface area contributed by atoms with Crippen molar-refractivity contribution >= 4 is 11.8 Å². The highest BCUT2D eigenvalue weighted by Gasteiger charge is 2.36. The van der Waals surface area contributed by atoms with Crippen molar-refractivity contribution in [2.75, 3.05) is 0 Å². The number of halogens is 4. The number of hydrogen-bond acceptors (Lipinski definition) is 2. The Bertz CT molecular complexity index is 821. The molecule has 3 N–H and O–H groups in total. The molecule has 0 spiro atoms. The van der Waals surface area contributed by atoms with Gasteiger partial charge in [-0.1, -0.05) is 37.3 Å². The van der Waals surface area contributed by atoms with Gasteiger partial charge in [0.1, 0.15) is 11.9 Å². The summed E-state index contributed by atoms with van der Waals surface area (Å²) in [4.78, 5) is 24.1. The topological polar surface area (TPSA) is 72.2 Å². The lowest BCUT2D eigenvalue weighted by atomic mass is 9.92. The normalized spacial score (nSPS) is 13.7. The average molecular weight is 368 g/mol. The number of carbonyl (C=O) groups is 2. The molecule has 4 nitrogen and oxygen atoms in total. The molecule has 0 aromatic heterocycles. The first-order valence-corrected chi connectivity index (χ1v) is 7.63. The molecule has 0 aliphatic rings. The Hall–Kier alpha value is -2.90. The highest BCUT2D eigenvalue weighted by molar-refractivity contribution is 5.98. The molecular formula is C18H16F4N2O2. The Labute approximate surface area is 147 Å². The van der Waals surface area contributed by atoms with Crippen molar-refractivity contribution in [1.29, 1.82) is 0 Å². The van der Waals surface area contributed by atoms with E-state index in [2.05, 4.69) is 5.32 Å². The van der Waals surface area contributed by atoms with Crippen LogP contribution in [0.15, 0.2) is 48.5 Å². The van der Waals surface area contributed by atoms with Crippen LogP contribution in [0.2, 0.25) is 0 Å². The fourth-order valence-electron chi connectivity index (χ4n) is 2.61. The van der Waals surface area contributed by atoms with Crippen LogP contribution >= 0.6 is 0 Å². The Morgan fingerprint density at radius 2 is 1.62 bits per heavy atom. The van der Waals surface area contributed by atoms with Crippen LogP contribution in [0.1, 0.15) is 34.3 Å². The van der Waals surface area contributed by atoms with Crippen molar-refractivity contribution in [2.45, 2.75) is 25.1 Å². The molecule has 138 valence electrons. The van der Waals surface area contributed by atoms with E-state index in [9.17, 15) is 27.2 Å². The zero-order valence-electron chi connectivity index (χ0n) is 13.7. The summed E-state index contributed by atoms with van der Waals surface area (Å²) in [5, 5.41) is 2.19. The molecule has 26 heavy (non-hydrogen) atoms. The number of primary amides is 1. The second kappa shape index (κ2) is 7.55. The standard InChI is InChI=1S/C18H16F4N2O2/c1-10(11-6-3-5-9-14(11)19)15(16(23)25)24-17(26)12-7-2-4-8-13(12)18(20,21)22/h2-10,15H,1H3,(H2,23,25)(H,24,26). The number of nitrogens with two attached hydrogens (primary N) is 1. The SMILES string of the molecule is CC(c1ccccc1F)C(NC(=O)c1ccccc1C(F)(F)F)C(N)=O. The van der Waals surface area contributed by atoms with Gasteiger partial charge in [-0.25, -0.2) is 4.39 Å². The lowest BCUT2D eigenvalue weighted by Crippen LogP contribution is -2.48. The number of amides is 2. The molecule has 0 radical (unpaired) electrons. The van der Waals surface area contributed by atoms with E-state index in [1.54, 1.807) is 0 Å². The predicted molar refractivity (Wildman–Crippen MR) is 86.7 cm³/mol.